The second kappa shape index (κ2) is 9.10. The summed E-state index contributed by atoms with van der Waals surface area (Å²) in [6, 6.07) is 12.5. The minimum Gasteiger partial charge on any atom is -0.497 e. The van der Waals surface area contributed by atoms with Crippen LogP contribution in [0, 0.1) is 6.92 Å². The summed E-state index contributed by atoms with van der Waals surface area (Å²) in [5.41, 5.74) is 3.84. The summed E-state index contributed by atoms with van der Waals surface area (Å²) in [6.45, 7) is 2.16. The Morgan fingerprint density at radius 1 is 1.20 bits per heavy atom. The molecule has 1 fully saturated rings. The summed E-state index contributed by atoms with van der Waals surface area (Å²) in [6.07, 6.45) is 3.82. The Hall–Kier alpha value is -3.79. The molecule has 1 unspecified atom stereocenters. The summed E-state index contributed by atoms with van der Waals surface area (Å²) in [4.78, 5) is 22.3. The van der Waals surface area contributed by atoms with E-state index < -0.39 is 9.84 Å². The number of rotatable bonds is 6. The fourth-order valence-corrected chi connectivity index (χ4v) is 6.12. The molecule has 9 nitrogen and oxygen atoms in total. The summed E-state index contributed by atoms with van der Waals surface area (Å²) in [5.74, 6) is 0.532. The molecule has 5 rings (SSSR count). The van der Waals surface area contributed by atoms with Gasteiger partial charge in [0, 0.05) is 24.5 Å². The van der Waals surface area contributed by atoms with Crippen LogP contribution in [0.5, 0.6) is 5.75 Å². The van der Waals surface area contributed by atoms with Gasteiger partial charge >= 0.3 is 0 Å². The number of hydrogen-bond donors (Lipinski definition) is 1. The van der Waals surface area contributed by atoms with Crippen LogP contribution < -0.4 is 10.1 Å². The van der Waals surface area contributed by atoms with E-state index in [1.807, 2.05) is 43.3 Å². The van der Waals surface area contributed by atoms with Crippen LogP contribution in [0.15, 0.2) is 54.9 Å². The van der Waals surface area contributed by atoms with E-state index in [1.165, 1.54) is 0 Å². The number of aryl methyl sites for hydroxylation is 1. The fraction of sp³-hybridized carbons (Fsp3) is 0.280. The molecule has 1 aromatic carbocycles. The number of methoxy groups -OCH3 is 1. The predicted molar refractivity (Wildman–Crippen MR) is 132 cm³/mol. The zero-order valence-electron chi connectivity index (χ0n) is 19.4. The van der Waals surface area contributed by atoms with Gasteiger partial charge in [0.25, 0.3) is 5.91 Å². The van der Waals surface area contributed by atoms with Gasteiger partial charge in [-0.2, -0.15) is 5.10 Å². The minimum atomic E-state index is -3.13. The van der Waals surface area contributed by atoms with Gasteiger partial charge in [-0.1, -0.05) is 12.1 Å². The maximum absolute atomic E-state index is 13.4. The van der Waals surface area contributed by atoms with E-state index in [2.05, 4.69) is 15.4 Å². The number of hydrogen-bond acceptors (Lipinski definition) is 7. The number of sulfone groups is 1. The lowest BCUT2D eigenvalue weighted by Crippen LogP contribution is -2.23. The van der Waals surface area contributed by atoms with Crippen LogP contribution in [-0.4, -0.2) is 52.7 Å². The second-order valence-electron chi connectivity index (χ2n) is 8.61. The third-order valence-corrected chi connectivity index (χ3v) is 7.95. The highest BCUT2D eigenvalue weighted by Crippen LogP contribution is 2.32. The van der Waals surface area contributed by atoms with Gasteiger partial charge < -0.3 is 10.1 Å². The molecule has 180 valence electrons. The Kier molecular flexibility index (Phi) is 5.98. The van der Waals surface area contributed by atoms with Gasteiger partial charge in [0.15, 0.2) is 15.5 Å². The molecular weight excluding hydrogens is 466 g/mol. The molecule has 1 aliphatic heterocycles. The lowest BCUT2D eigenvalue weighted by molar-refractivity contribution is 0.0952. The molecule has 0 saturated carbocycles. The fourth-order valence-electron chi connectivity index (χ4n) is 4.42. The van der Waals surface area contributed by atoms with Gasteiger partial charge in [-0.15, -0.1) is 0 Å². The molecule has 0 radical (unpaired) electrons. The lowest BCUT2D eigenvalue weighted by atomic mass is 10.0. The van der Waals surface area contributed by atoms with E-state index in [4.69, 9.17) is 9.72 Å². The zero-order chi connectivity index (χ0) is 24.6. The number of carbonyl (C=O) groups excluding carboxylic acids is 1. The molecule has 4 aromatic rings. The van der Waals surface area contributed by atoms with E-state index in [1.54, 1.807) is 30.3 Å². The van der Waals surface area contributed by atoms with E-state index >= 15 is 0 Å². The molecule has 3 aromatic heterocycles. The Bertz CT molecular complexity index is 1520. The third kappa shape index (κ3) is 4.61. The first-order valence-electron chi connectivity index (χ1n) is 11.3. The number of carbonyl (C=O) groups is 1. The van der Waals surface area contributed by atoms with Crippen molar-refractivity contribution in [2.24, 2.45) is 0 Å². The van der Waals surface area contributed by atoms with Gasteiger partial charge in [0.05, 0.1) is 47.0 Å². The topological polar surface area (TPSA) is 116 Å². The molecule has 0 bridgehead atoms. The summed E-state index contributed by atoms with van der Waals surface area (Å²) >= 11 is 0. The Morgan fingerprint density at radius 3 is 2.71 bits per heavy atom. The van der Waals surface area contributed by atoms with Crippen molar-refractivity contribution in [2.45, 2.75) is 25.9 Å². The standard InChI is InChI=1S/C25H25N5O4S/c1-16-23-21(25(31)27-14-17-6-9-26-10-7-17)13-22(18-4-3-5-20(12-18)34-2)28-24(23)30(29-16)19-8-11-35(32,33)15-19/h3-7,9-10,12-13,19H,8,11,14-15H2,1-2H3,(H,27,31). The largest absolute Gasteiger partial charge is 0.497 e. The van der Waals surface area contributed by atoms with Gasteiger partial charge in [0.2, 0.25) is 0 Å². The number of fused-ring (bicyclic) bond motifs is 1. The molecule has 1 saturated heterocycles. The van der Waals surface area contributed by atoms with Crippen LogP contribution in [0.25, 0.3) is 22.3 Å². The van der Waals surface area contributed by atoms with Crippen molar-refractivity contribution < 1.29 is 17.9 Å². The van der Waals surface area contributed by atoms with Crippen molar-refractivity contribution in [3.63, 3.8) is 0 Å². The highest BCUT2D eigenvalue weighted by Gasteiger charge is 2.32. The molecule has 1 atom stereocenters. The van der Waals surface area contributed by atoms with Crippen LogP contribution in [-0.2, 0) is 16.4 Å². The SMILES string of the molecule is COc1cccc(-c2cc(C(=O)NCc3ccncc3)c3c(C)nn(C4CCS(=O)(=O)C4)c3n2)c1. The Balaban J connectivity index is 1.63. The predicted octanol–water partition coefficient (Wildman–Crippen LogP) is 3.10. The molecule has 35 heavy (non-hydrogen) atoms. The molecule has 10 heteroatoms. The van der Waals surface area contributed by atoms with Gasteiger partial charge in [-0.05, 0) is 49.2 Å². The van der Waals surface area contributed by atoms with E-state index in [9.17, 15) is 13.2 Å². The van der Waals surface area contributed by atoms with Crippen molar-refractivity contribution in [2.75, 3.05) is 18.6 Å². The van der Waals surface area contributed by atoms with Crippen molar-refractivity contribution >= 4 is 26.8 Å². The molecule has 0 aliphatic carbocycles. The molecule has 4 heterocycles. The van der Waals surface area contributed by atoms with Crippen molar-refractivity contribution in [1.29, 1.82) is 0 Å². The number of nitrogens with one attached hydrogen (secondary N) is 1. The first kappa shape index (κ1) is 23.0. The second-order valence-corrected chi connectivity index (χ2v) is 10.8. The molecule has 0 spiro atoms. The smallest absolute Gasteiger partial charge is 0.252 e. The van der Waals surface area contributed by atoms with Gasteiger partial charge in [0.1, 0.15) is 5.75 Å². The van der Waals surface area contributed by atoms with Crippen LogP contribution in [0.3, 0.4) is 0 Å². The molecular formula is C25H25N5O4S. The van der Waals surface area contributed by atoms with Crippen molar-refractivity contribution in [3.05, 3.63) is 71.7 Å². The first-order chi connectivity index (χ1) is 16.8. The minimum absolute atomic E-state index is 0.0118. The summed E-state index contributed by atoms with van der Waals surface area (Å²) in [7, 11) is -1.54. The average molecular weight is 492 g/mol. The van der Waals surface area contributed by atoms with Crippen molar-refractivity contribution in [3.8, 4) is 17.0 Å². The van der Waals surface area contributed by atoms with E-state index in [0.717, 1.165) is 11.1 Å². The summed E-state index contributed by atoms with van der Waals surface area (Å²) < 4.78 is 31.4. The number of aromatic nitrogens is 4. The normalized spacial score (nSPS) is 16.9. The molecule has 1 N–H and O–H groups in total. The van der Waals surface area contributed by atoms with Gasteiger partial charge in [-0.25, -0.2) is 18.1 Å². The summed E-state index contributed by atoms with van der Waals surface area (Å²) in [5, 5.41) is 8.24. The monoisotopic (exact) mass is 491 g/mol. The van der Waals surface area contributed by atoms with E-state index in [0.29, 0.717) is 46.7 Å². The molecule has 1 amide bonds. The highest BCUT2D eigenvalue weighted by atomic mass is 32.2. The highest BCUT2D eigenvalue weighted by molar-refractivity contribution is 7.91. The Morgan fingerprint density at radius 2 is 2.00 bits per heavy atom. The van der Waals surface area contributed by atoms with Crippen LogP contribution in [0.1, 0.15) is 34.1 Å². The average Bonchev–Trinajstić information content (AvgIpc) is 3.41. The van der Waals surface area contributed by atoms with Crippen LogP contribution in [0.4, 0.5) is 0 Å². The maximum Gasteiger partial charge on any atom is 0.252 e. The number of benzene rings is 1. The maximum atomic E-state index is 13.4. The Labute approximate surface area is 203 Å². The lowest BCUT2D eigenvalue weighted by Gasteiger charge is -2.13. The van der Waals surface area contributed by atoms with Crippen LogP contribution in [0.2, 0.25) is 0 Å². The van der Waals surface area contributed by atoms with E-state index in [-0.39, 0.29) is 23.5 Å². The number of pyridine rings is 2. The zero-order valence-corrected chi connectivity index (χ0v) is 20.2. The van der Waals surface area contributed by atoms with Crippen LogP contribution >= 0.6 is 0 Å². The third-order valence-electron chi connectivity index (χ3n) is 6.20. The number of nitrogens with zero attached hydrogens (tertiary/aromatic N) is 4. The number of ether oxygens (including phenoxy) is 1. The van der Waals surface area contributed by atoms with Crippen molar-refractivity contribution in [1.82, 2.24) is 25.1 Å². The first-order valence-corrected chi connectivity index (χ1v) is 13.1. The number of amides is 1. The molecule has 1 aliphatic rings. The quantitative estimate of drug-likeness (QED) is 0.441. The van der Waals surface area contributed by atoms with Gasteiger partial charge in [-0.3, -0.25) is 9.78 Å².